The van der Waals surface area contributed by atoms with E-state index in [4.69, 9.17) is 0 Å². The number of nitrogens with zero attached hydrogens (tertiary/aromatic N) is 1. The third-order valence-corrected chi connectivity index (χ3v) is 3.71. The predicted octanol–water partition coefficient (Wildman–Crippen LogP) is 1.26. The summed E-state index contributed by atoms with van der Waals surface area (Å²) < 4.78 is 0. The quantitative estimate of drug-likeness (QED) is 0.800. The highest BCUT2D eigenvalue weighted by molar-refractivity contribution is 7.10. The SMILES string of the molecule is CN1C(=O)C[C@@H](CO)[C@H]1c1cccs1. The number of rotatable bonds is 2. The van der Waals surface area contributed by atoms with E-state index in [-0.39, 0.29) is 24.5 Å². The second-order valence-corrected chi connectivity index (χ2v) is 4.59. The number of likely N-dealkylation sites (tertiary alicyclic amines) is 1. The van der Waals surface area contributed by atoms with Gasteiger partial charge in [-0.2, -0.15) is 0 Å². The van der Waals surface area contributed by atoms with Gasteiger partial charge < -0.3 is 10.0 Å². The fraction of sp³-hybridized carbons (Fsp3) is 0.500. The maximum Gasteiger partial charge on any atom is 0.223 e. The van der Waals surface area contributed by atoms with Crippen LogP contribution >= 0.6 is 11.3 Å². The van der Waals surface area contributed by atoms with Crippen molar-refractivity contribution >= 4 is 17.2 Å². The maximum atomic E-state index is 11.5. The number of thiophene rings is 1. The van der Waals surface area contributed by atoms with E-state index in [0.717, 1.165) is 4.88 Å². The molecule has 3 nitrogen and oxygen atoms in total. The molecule has 0 unspecified atom stereocenters. The van der Waals surface area contributed by atoms with Crippen LogP contribution in [0.5, 0.6) is 0 Å². The predicted molar refractivity (Wildman–Crippen MR) is 55.0 cm³/mol. The lowest BCUT2D eigenvalue weighted by Crippen LogP contribution is -2.24. The summed E-state index contributed by atoms with van der Waals surface area (Å²) in [6.07, 6.45) is 0.468. The molecule has 1 aliphatic rings. The molecule has 14 heavy (non-hydrogen) atoms. The topological polar surface area (TPSA) is 40.5 Å². The Morgan fingerprint density at radius 1 is 1.71 bits per heavy atom. The molecule has 1 amide bonds. The summed E-state index contributed by atoms with van der Waals surface area (Å²) in [5.41, 5.74) is 0. The number of carbonyl (C=O) groups excluding carboxylic acids is 1. The minimum absolute atomic E-state index is 0.0612. The van der Waals surface area contributed by atoms with Gasteiger partial charge in [0.15, 0.2) is 0 Å². The van der Waals surface area contributed by atoms with Crippen LogP contribution in [-0.4, -0.2) is 29.6 Å². The van der Waals surface area contributed by atoms with Crippen molar-refractivity contribution in [2.75, 3.05) is 13.7 Å². The van der Waals surface area contributed by atoms with E-state index in [1.54, 1.807) is 16.2 Å². The Bertz CT molecular complexity index is 323. The molecule has 2 heterocycles. The highest BCUT2D eigenvalue weighted by Gasteiger charge is 2.38. The van der Waals surface area contributed by atoms with Gasteiger partial charge in [0.1, 0.15) is 0 Å². The number of hydrogen-bond acceptors (Lipinski definition) is 3. The Kier molecular flexibility index (Phi) is 2.56. The molecule has 0 aromatic carbocycles. The van der Waals surface area contributed by atoms with Crippen LogP contribution < -0.4 is 0 Å². The number of amides is 1. The number of hydrogen-bond donors (Lipinski definition) is 1. The molecule has 0 radical (unpaired) electrons. The van der Waals surface area contributed by atoms with Gasteiger partial charge in [0, 0.05) is 30.9 Å². The fourth-order valence-corrected chi connectivity index (χ4v) is 2.96. The van der Waals surface area contributed by atoms with Crippen molar-refractivity contribution in [3.8, 4) is 0 Å². The summed E-state index contributed by atoms with van der Waals surface area (Å²) in [4.78, 5) is 14.4. The maximum absolute atomic E-state index is 11.5. The lowest BCUT2D eigenvalue weighted by molar-refractivity contribution is -0.127. The van der Waals surface area contributed by atoms with Crippen molar-refractivity contribution in [1.29, 1.82) is 0 Å². The molecule has 1 aliphatic heterocycles. The lowest BCUT2D eigenvalue weighted by Gasteiger charge is -2.22. The smallest absolute Gasteiger partial charge is 0.223 e. The van der Waals surface area contributed by atoms with Gasteiger partial charge in [-0.3, -0.25) is 4.79 Å². The third kappa shape index (κ3) is 1.44. The molecule has 2 rings (SSSR count). The lowest BCUT2D eigenvalue weighted by atomic mass is 10.0. The second kappa shape index (κ2) is 3.71. The summed E-state index contributed by atoms with van der Waals surface area (Å²) in [6, 6.07) is 4.07. The zero-order valence-electron chi connectivity index (χ0n) is 8.01. The molecule has 1 N–H and O–H groups in total. The van der Waals surface area contributed by atoms with Crippen LogP contribution in [0.4, 0.5) is 0 Å². The van der Waals surface area contributed by atoms with Crippen LogP contribution in [0.2, 0.25) is 0 Å². The van der Waals surface area contributed by atoms with Crippen molar-refractivity contribution in [3.05, 3.63) is 22.4 Å². The molecule has 76 valence electrons. The first kappa shape index (κ1) is 9.68. The van der Waals surface area contributed by atoms with Gasteiger partial charge in [-0.1, -0.05) is 6.07 Å². The molecule has 1 aromatic heterocycles. The van der Waals surface area contributed by atoms with Crippen molar-refractivity contribution in [2.24, 2.45) is 5.92 Å². The monoisotopic (exact) mass is 211 g/mol. The Labute approximate surface area is 87.0 Å². The van der Waals surface area contributed by atoms with Crippen LogP contribution in [0, 0.1) is 5.92 Å². The second-order valence-electron chi connectivity index (χ2n) is 3.61. The Balaban J connectivity index is 2.28. The highest BCUT2D eigenvalue weighted by atomic mass is 32.1. The van der Waals surface area contributed by atoms with Gasteiger partial charge in [0.2, 0.25) is 5.91 Å². The largest absolute Gasteiger partial charge is 0.396 e. The van der Waals surface area contributed by atoms with E-state index in [1.165, 1.54) is 0 Å². The molecule has 1 fully saturated rings. The van der Waals surface area contributed by atoms with Crippen molar-refractivity contribution < 1.29 is 9.90 Å². The van der Waals surface area contributed by atoms with E-state index in [2.05, 4.69) is 0 Å². The van der Waals surface area contributed by atoms with Crippen molar-refractivity contribution in [3.63, 3.8) is 0 Å². The third-order valence-electron chi connectivity index (χ3n) is 2.76. The van der Waals surface area contributed by atoms with Crippen molar-refractivity contribution in [2.45, 2.75) is 12.5 Å². The van der Waals surface area contributed by atoms with E-state index >= 15 is 0 Å². The molecule has 0 saturated carbocycles. The first-order chi connectivity index (χ1) is 6.74. The number of carbonyl (C=O) groups is 1. The molecule has 0 bridgehead atoms. The van der Waals surface area contributed by atoms with Crippen LogP contribution in [0.15, 0.2) is 17.5 Å². The van der Waals surface area contributed by atoms with Gasteiger partial charge in [-0.25, -0.2) is 0 Å². The Morgan fingerprint density at radius 3 is 3.07 bits per heavy atom. The summed E-state index contributed by atoms with van der Waals surface area (Å²) in [5, 5.41) is 11.2. The van der Waals surface area contributed by atoms with Gasteiger partial charge >= 0.3 is 0 Å². The normalized spacial score (nSPS) is 27.3. The van der Waals surface area contributed by atoms with Gasteiger partial charge in [0.25, 0.3) is 0 Å². The minimum atomic E-state index is 0.0612. The van der Waals surface area contributed by atoms with E-state index in [9.17, 15) is 9.90 Å². The van der Waals surface area contributed by atoms with Gasteiger partial charge in [-0.05, 0) is 11.4 Å². The molecular formula is C10H13NO2S. The van der Waals surface area contributed by atoms with E-state index in [0.29, 0.717) is 6.42 Å². The van der Waals surface area contributed by atoms with E-state index < -0.39 is 0 Å². The number of aliphatic hydroxyl groups is 1. The zero-order chi connectivity index (χ0) is 10.1. The molecule has 0 aliphatic carbocycles. The zero-order valence-corrected chi connectivity index (χ0v) is 8.83. The van der Waals surface area contributed by atoms with Crippen LogP contribution in [0.3, 0.4) is 0 Å². The van der Waals surface area contributed by atoms with Crippen LogP contribution in [0.25, 0.3) is 0 Å². The number of aliphatic hydroxyl groups excluding tert-OH is 1. The van der Waals surface area contributed by atoms with Crippen molar-refractivity contribution in [1.82, 2.24) is 4.90 Å². The average Bonchev–Trinajstić information content (AvgIpc) is 2.76. The van der Waals surface area contributed by atoms with Gasteiger partial charge in [-0.15, -0.1) is 11.3 Å². The Morgan fingerprint density at radius 2 is 2.50 bits per heavy atom. The summed E-state index contributed by atoms with van der Waals surface area (Å²) in [5.74, 6) is 0.189. The molecule has 1 aromatic rings. The highest BCUT2D eigenvalue weighted by Crippen LogP contribution is 2.38. The van der Waals surface area contributed by atoms with Gasteiger partial charge in [0.05, 0.1) is 6.04 Å². The van der Waals surface area contributed by atoms with E-state index in [1.807, 2.05) is 24.6 Å². The average molecular weight is 211 g/mol. The molecule has 2 atom stereocenters. The molecule has 4 heteroatoms. The fourth-order valence-electron chi connectivity index (χ4n) is 2.00. The first-order valence-electron chi connectivity index (χ1n) is 4.64. The minimum Gasteiger partial charge on any atom is -0.396 e. The van der Waals surface area contributed by atoms with Crippen LogP contribution in [-0.2, 0) is 4.79 Å². The summed E-state index contributed by atoms with van der Waals surface area (Å²) >= 11 is 1.64. The molecular weight excluding hydrogens is 198 g/mol. The summed E-state index contributed by atoms with van der Waals surface area (Å²) in [6.45, 7) is 0.0820. The Hall–Kier alpha value is -0.870. The first-order valence-corrected chi connectivity index (χ1v) is 5.52. The molecule has 0 spiro atoms. The van der Waals surface area contributed by atoms with Crippen LogP contribution in [0.1, 0.15) is 17.3 Å². The summed E-state index contributed by atoms with van der Waals surface area (Å²) in [7, 11) is 1.81. The molecule has 1 saturated heterocycles. The standard InChI is InChI=1S/C10H13NO2S/c1-11-9(13)5-7(6-12)10(11)8-3-2-4-14-8/h2-4,7,10,12H,5-6H2,1H3/t7-,10-/m0/s1.